The monoisotopic (exact) mass is 202 g/mol. The van der Waals surface area contributed by atoms with Crippen LogP contribution in [0.5, 0.6) is 0 Å². The molecule has 3 N–H and O–H groups in total. The smallest absolute Gasteiger partial charge is 0.309 e. The minimum atomic E-state index is -0.681. The van der Waals surface area contributed by atoms with E-state index in [9.17, 15) is 9.59 Å². The lowest BCUT2D eigenvalue weighted by Gasteiger charge is -2.13. The highest BCUT2D eigenvalue weighted by molar-refractivity contribution is 6.35. The summed E-state index contributed by atoms with van der Waals surface area (Å²) in [6.45, 7) is 4.07. The number of carbonyl (C=O) groups excluding carboxylic acids is 2. The molecule has 0 aliphatic rings. The Kier molecular flexibility index (Phi) is 6.74. The number of aliphatic hydroxyl groups is 1. The zero-order valence-electron chi connectivity index (χ0n) is 8.67. The summed E-state index contributed by atoms with van der Waals surface area (Å²) in [5.74, 6) is -1.32. The molecule has 0 aromatic heterocycles. The van der Waals surface area contributed by atoms with E-state index in [2.05, 4.69) is 10.6 Å². The molecule has 0 aliphatic carbocycles. The summed E-state index contributed by atoms with van der Waals surface area (Å²) in [6, 6.07) is -0.338. The predicted octanol–water partition coefficient (Wildman–Crippen LogP) is -0.600. The molecule has 0 spiro atoms. The summed E-state index contributed by atoms with van der Waals surface area (Å²) >= 11 is 0. The lowest BCUT2D eigenvalue weighted by atomic mass is 10.2. The highest BCUT2D eigenvalue weighted by Crippen LogP contribution is 1.88. The van der Waals surface area contributed by atoms with Crippen molar-refractivity contribution in [2.75, 3.05) is 13.2 Å². The van der Waals surface area contributed by atoms with Crippen molar-refractivity contribution in [1.29, 1.82) is 0 Å². The molecule has 0 fully saturated rings. The predicted molar refractivity (Wildman–Crippen MR) is 52.6 cm³/mol. The molecule has 5 nitrogen and oxygen atoms in total. The van der Waals surface area contributed by atoms with E-state index in [1.54, 1.807) is 0 Å². The van der Waals surface area contributed by atoms with Gasteiger partial charge in [-0.15, -0.1) is 0 Å². The second kappa shape index (κ2) is 7.32. The molecule has 0 saturated heterocycles. The van der Waals surface area contributed by atoms with Gasteiger partial charge >= 0.3 is 11.8 Å². The van der Waals surface area contributed by atoms with Gasteiger partial charge in [-0.05, 0) is 12.8 Å². The van der Waals surface area contributed by atoms with Crippen molar-refractivity contribution in [3.63, 3.8) is 0 Å². The van der Waals surface area contributed by atoms with Gasteiger partial charge in [0.05, 0.1) is 12.6 Å². The summed E-state index contributed by atoms with van der Waals surface area (Å²) in [4.78, 5) is 22.2. The Bertz CT molecular complexity index is 190. The molecule has 82 valence electrons. The summed E-state index contributed by atoms with van der Waals surface area (Å²) in [5.41, 5.74) is 0. The Morgan fingerprint density at radius 1 is 1.29 bits per heavy atom. The van der Waals surface area contributed by atoms with Crippen LogP contribution in [0.15, 0.2) is 0 Å². The van der Waals surface area contributed by atoms with Crippen LogP contribution < -0.4 is 10.6 Å². The van der Waals surface area contributed by atoms with E-state index in [1.807, 2.05) is 13.8 Å². The highest BCUT2D eigenvalue weighted by atomic mass is 16.3. The van der Waals surface area contributed by atoms with Gasteiger partial charge in [-0.2, -0.15) is 0 Å². The summed E-state index contributed by atoms with van der Waals surface area (Å²) in [7, 11) is 0. The SMILES string of the molecule is CCCNC(=O)C(=O)NC(CC)CO. The van der Waals surface area contributed by atoms with Gasteiger partial charge in [0, 0.05) is 6.54 Å². The largest absolute Gasteiger partial charge is 0.394 e. The minimum Gasteiger partial charge on any atom is -0.394 e. The third-order valence-electron chi connectivity index (χ3n) is 1.79. The zero-order chi connectivity index (χ0) is 11.0. The van der Waals surface area contributed by atoms with Gasteiger partial charge in [0.2, 0.25) is 0 Å². The third kappa shape index (κ3) is 4.81. The van der Waals surface area contributed by atoms with E-state index in [-0.39, 0.29) is 12.6 Å². The van der Waals surface area contributed by atoms with Crippen molar-refractivity contribution >= 4 is 11.8 Å². The molecule has 0 aliphatic heterocycles. The zero-order valence-corrected chi connectivity index (χ0v) is 8.67. The van der Waals surface area contributed by atoms with Crippen LogP contribution in [0.2, 0.25) is 0 Å². The van der Waals surface area contributed by atoms with Crippen LogP contribution in [0.1, 0.15) is 26.7 Å². The van der Waals surface area contributed by atoms with Crippen molar-refractivity contribution in [2.24, 2.45) is 0 Å². The van der Waals surface area contributed by atoms with Gasteiger partial charge in [0.25, 0.3) is 0 Å². The Hall–Kier alpha value is -1.10. The van der Waals surface area contributed by atoms with Crippen LogP contribution in [0.3, 0.4) is 0 Å². The molecule has 1 atom stereocenters. The number of nitrogens with one attached hydrogen (secondary N) is 2. The molecule has 0 heterocycles. The second-order valence-corrected chi connectivity index (χ2v) is 3.02. The van der Waals surface area contributed by atoms with Crippen LogP contribution in [-0.4, -0.2) is 36.1 Å². The molecule has 0 radical (unpaired) electrons. The Morgan fingerprint density at radius 3 is 2.36 bits per heavy atom. The number of hydrogen-bond donors (Lipinski definition) is 3. The molecular formula is C9H18N2O3. The van der Waals surface area contributed by atoms with Crippen molar-refractivity contribution in [3.05, 3.63) is 0 Å². The van der Waals surface area contributed by atoms with Crippen LogP contribution in [-0.2, 0) is 9.59 Å². The van der Waals surface area contributed by atoms with E-state index in [1.165, 1.54) is 0 Å². The van der Waals surface area contributed by atoms with Gasteiger partial charge in [0.15, 0.2) is 0 Å². The van der Waals surface area contributed by atoms with Crippen molar-refractivity contribution in [1.82, 2.24) is 10.6 Å². The Labute approximate surface area is 83.9 Å². The first-order chi connectivity index (χ1) is 6.65. The molecule has 5 heteroatoms. The highest BCUT2D eigenvalue weighted by Gasteiger charge is 2.15. The maximum atomic E-state index is 11.1. The number of rotatable bonds is 5. The van der Waals surface area contributed by atoms with Crippen molar-refractivity contribution in [2.45, 2.75) is 32.7 Å². The molecule has 0 bridgehead atoms. The van der Waals surface area contributed by atoms with Crippen LogP contribution in [0.25, 0.3) is 0 Å². The van der Waals surface area contributed by atoms with E-state index in [0.29, 0.717) is 13.0 Å². The topological polar surface area (TPSA) is 78.4 Å². The van der Waals surface area contributed by atoms with Crippen molar-refractivity contribution in [3.8, 4) is 0 Å². The second-order valence-electron chi connectivity index (χ2n) is 3.02. The summed E-state index contributed by atoms with van der Waals surface area (Å²) in [6.07, 6.45) is 1.39. The van der Waals surface area contributed by atoms with Gasteiger partial charge in [-0.1, -0.05) is 13.8 Å². The fraction of sp³-hybridized carbons (Fsp3) is 0.778. The molecule has 2 amide bonds. The minimum absolute atomic E-state index is 0.150. The molecular weight excluding hydrogens is 184 g/mol. The maximum Gasteiger partial charge on any atom is 0.309 e. The fourth-order valence-corrected chi connectivity index (χ4v) is 0.847. The van der Waals surface area contributed by atoms with E-state index < -0.39 is 11.8 Å². The normalized spacial score (nSPS) is 11.9. The third-order valence-corrected chi connectivity index (χ3v) is 1.79. The van der Waals surface area contributed by atoms with Crippen LogP contribution in [0, 0.1) is 0 Å². The quantitative estimate of drug-likeness (QED) is 0.521. The molecule has 0 rings (SSSR count). The standard InChI is InChI=1S/C9H18N2O3/c1-3-5-10-8(13)9(14)11-7(4-2)6-12/h7,12H,3-6H2,1-2H3,(H,10,13)(H,11,14). The molecule has 1 unspecified atom stereocenters. The average Bonchev–Trinajstić information content (AvgIpc) is 2.21. The van der Waals surface area contributed by atoms with Crippen LogP contribution in [0.4, 0.5) is 0 Å². The first kappa shape index (κ1) is 12.9. The Balaban J connectivity index is 3.87. The van der Waals surface area contributed by atoms with E-state index in [4.69, 9.17) is 5.11 Å². The van der Waals surface area contributed by atoms with Gasteiger partial charge in [-0.3, -0.25) is 9.59 Å². The number of hydrogen-bond acceptors (Lipinski definition) is 3. The first-order valence-electron chi connectivity index (χ1n) is 4.85. The molecule has 0 aromatic carbocycles. The van der Waals surface area contributed by atoms with E-state index in [0.717, 1.165) is 6.42 Å². The average molecular weight is 202 g/mol. The molecule has 0 saturated carbocycles. The lowest BCUT2D eigenvalue weighted by Crippen LogP contribution is -2.45. The lowest BCUT2D eigenvalue weighted by molar-refractivity contribution is -0.139. The van der Waals surface area contributed by atoms with Gasteiger partial charge < -0.3 is 15.7 Å². The summed E-state index contributed by atoms with van der Waals surface area (Å²) in [5, 5.41) is 13.7. The number of aliphatic hydroxyl groups excluding tert-OH is 1. The summed E-state index contributed by atoms with van der Waals surface area (Å²) < 4.78 is 0. The fourth-order valence-electron chi connectivity index (χ4n) is 0.847. The number of carbonyl (C=O) groups is 2. The van der Waals surface area contributed by atoms with Gasteiger partial charge in [-0.25, -0.2) is 0 Å². The molecule has 14 heavy (non-hydrogen) atoms. The number of amides is 2. The Morgan fingerprint density at radius 2 is 1.93 bits per heavy atom. The van der Waals surface area contributed by atoms with Crippen LogP contribution >= 0.6 is 0 Å². The maximum absolute atomic E-state index is 11.1. The molecule has 0 aromatic rings. The van der Waals surface area contributed by atoms with Crippen molar-refractivity contribution < 1.29 is 14.7 Å². The van der Waals surface area contributed by atoms with Gasteiger partial charge in [0.1, 0.15) is 0 Å². The first-order valence-corrected chi connectivity index (χ1v) is 4.85. The van der Waals surface area contributed by atoms with E-state index >= 15 is 0 Å².